The lowest BCUT2D eigenvalue weighted by molar-refractivity contribution is -0.237. The van der Waals surface area contributed by atoms with Crippen molar-refractivity contribution in [2.24, 2.45) is 0 Å². The topological polar surface area (TPSA) is 428 Å². The number of rotatable bonds is 30. The summed E-state index contributed by atoms with van der Waals surface area (Å²) in [6.45, 7) is 39.6. The number of fused-ring (bicyclic) bond motifs is 7. The molecule has 0 bridgehead atoms. The van der Waals surface area contributed by atoms with Gasteiger partial charge in [-0.25, -0.2) is 4.79 Å². The third kappa shape index (κ3) is 21.1. The van der Waals surface area contributed by atoms with E-state index in [1.807, 2.05) is 141 Å². The van der Waals surface area contributed by atoms with Crippen LogP contribution >= 0.6 is 0 Å². The number of hydrogen-bond acceptors (Lipinski definition) is 39. The summed E-state index contributed by atoms with van der Waals surface area (Å²) in [5.41, 5.74) is 4.64. The number of amides is 2. The fourth-order valence-electron chi connectivity index (χ4n) is 22.0. The van der Waals surface area contributed by atoms with Crippen LogP contribution in [0.15, 0.2) is 54.6 Å². The smallest absolute Gasteiger partial charge is 0.335 e. The van der Waals surface area contributed by atoms with Crippen molar-refractivity contribution in [2.45, 2.75) is 459 Å². The Kier molecular flexibility index (Phi) is 26.2. The van der Waals surface area contributed by atoms with Gasteiger partial charge in [0.05, 0.1) is 72.7 Å². The highest BCUT2D eigenvalue weighted by Crippen LogP contribution is 2.51. The number of benzene rings is 3. The zero-order chi connectivity index (χ0) is 97.9. The SMILES string of the molecule is CC1(C)O[C@H]2O[C@H]([C@H]3COC(C)(C)O3)[C@H](OCc3cc(CO[C@@H]4[C@H]5OC(C)(C)O[C@H]5O[C@@H]4[C@H]4COC(C)(C)O4)cc(NC(=O)[C@H]4O[C@@H]5OC(C)(C)O[C@@H]5[C@H]4OCc4cc(CO[C@@H]5[C@H]6OC(C)(C)O[C@H]6O[C@@H]5C(=O)O)cc(CO[C@@H]5[C@H]6OC(C)(C)O[C@H]6O[C@@H]5C(=O)Nc5cc(CO[C@@H]6[C@H]7OC(C)(C)O[C@H]7O[C@@H]6[C@H]6COC(C)(C)O6)cc(CO[C@@H]6[C@H]7OC(C)(C)O[C@H]7O[C@@H]6[C@H]6COC(C)(C)O6)c5)c4)c3)[C@H]2O1. The molecule has 18 aliphatic heterocycles. The molecule has 21 rings (SSSR count). The largest absolute Gasteiger partial charge is 0.479 e. The third-order valence-corrected chi connectivity index (χ3v) is 27.3. The number of anilines is 2. The highest BCUT2D eigenvalue weighted by molar-refractivity contribution is 5.96. The van der Waals surface area contributed by atoms with Gasteiger partial charge >= 0.3 is 5.97 Å². The summed E-state index contributed by atoms with van der Waals surface area (Å²) in [7, 11) is 0. The van der Waals surface area contributed by atoms with Crippen LogP contribution in [0, 0.1) is 0 Å². The lowest BCUT2D eigenvalue weighted by Crippen LogP contribution is -2.44. The Morgan fingerprint density at radius 3 is 0.640 bits per heavy atom. The Balaban J connectivity index is 0.564. The number of nitrogens with one attached hydrogen (secondary N) is 2. The van der Waals surface area contributed by atoms with Crippen molar-refractivity contribution in [3.05, 3.63) is 93.5 Å². The van der Waals surface area contributed by atoms with Crippen LogP contribution in [-0.2, 0) is 231 Å². The van der Waals surface area contributed by atoms with E-state index >= 15 is 9.59 Å². The first-order valence-electron chi connectivity index (χ1n) is 48.2. The number of carbonyl (C=O) groups is 3. The first-order valence-corrected chi connectivity index (χ1v) is 48.2. The first kappa shape index (κ1) is 99.6. The fourth-order valence-corrected chi connectivity index (χ4v) is 22.0. The van der Waals surface area contributed by atoms with Crippen LogP contribution in [0.3, 0.4) is 0 Å². The first-order chi connectivity index (χ1) is 65.3. The molecule has 42 nitrogen and oxygen atoms in total. The Hall–Kier alpha value is -5.37. The van der Waals surface area contributed by atoms with Crippen molar-refractivity contribution < 1.29 is 190 Å². The second kappa shape index (κ2) is 36.6. The summed E-state index contributed by atoms with van der Waals surface area (Å²) in [6.07, 6.45) is -27.3. The molecule has 3 N–H and O–H groups in total. The Morgan fingerprint density at radius 2 is 0.432 bits per heavy atom. The molecule has 0 spiro atoms. The minimum atomic E-state index is -1.48. The van der Waals surface area contributed by atoms with E-state index in [-0.39, 0.29) is 72.7 Å². The number of ether oxygens (including phenoxy) is 36. The van der Waals surface area contributed by atoms with Crippen LogP contribution in [0.1, 0.15) is 191 Å². The van der Waals surface area contributed by atoms with Gasteiger partial charge in [0.25, 0.3) is 11.8 Å². The standard InChI is InChI=1S/C97H132N2O40/c1-87(2)111-39-52(122-87)56-60(70-80(115-56)133-91(9,10)126-70)104-35-46-26-47(36-105-61-57(53-40-112-88(3,4)123-53)116-81-71(61)127-92(11,12)134-81)29-50(28-46)98-77(100)67-64(74-84(119-67)137-95(17,18)130-74)108-32-43-23-44(25-45(24-43)34-110-66-69(79(102)103)121-86-76(66)132-97(21,22)139-86)33-109-65-68(120-85-75(65)131-96(19,20)138-85)78(101)99-51-30-48(37-106-62-58(54-41-113-89(5,6)124-54)117-82-72(62)128-93(13,14)135-82)27-49(31-51)38-107-63-59(55-42-114-90(7,8)125-55)118-83-73(63)129-94(15,16)136-83/h23-31,52-76,80-86H,32-42H2,1-22H3,(H,98,100)(H,99,101)(H,102,103)/t52-,53-,54-,55-,56-,57-,58-,59-,60+,61+,62+,63+,64+,65+,66+,67+,68+,69+,70-,71-,72-,73-,74-,75-,76-,80-,81-,82-,83-,84-,85-,86-/m1/s1. The number of carbonyl (C=O) groups excluding carboxylic acids is 2. The molecule has 18 fully saturated rings. The number of hydrogen-bond donors (Lipinski definition) is 3. The van der Waals surface area contributed by atoms with Crippen LogP contribution in [0.4, 0.5) is 11.4 Å². The van der Waals surface area contributed by atoms with Crippen LogP contribution in [-0.4, -0.2) is 310 Å². The van der Waals surface area contributed by atoms with Gasteiger partial charge in [-0.3, -0.25) is 9.59 Å². The highest BCUT2D eigenvalue weighted by Gasteiger charge is 2.67. The van der Waals surface area contributed by atoms with Crippen molar-refractivity contribution >= 4 is 29.2 Å². The van der Waals surface area contributed by atoms with Crippen molar-refractivity contribution in [1.82, 2.24) is 0 Å². The fraction of sp³-hybridized carbons (Fsp3) is 0.784. The molecule has 18 saturated heterocycles. The normalized spacial score (nSPS) is 42.1. The van der Waals surface area contributed by atoms with Crippen molar-refractivity contribution in [1.29, 1.82) is 0 Å². The molecule has 0 aliphatic carbocycles. The summed E-state index contributed by atoms with van der Waals surface area (Å²) in [4.78, 5) is 44.2. The maximum Gasteiger partial charge on any atom is 0.335 e. The molecule has 32 atom stereocenters. The predicted molar refractivity (Wildman–Crippen MR) is 465 cm³/mol. The molecule has 770 valence electrons. The van der Waals surface area contributed by atoms with E-state index < -0.39 is 278 Å². The highest BCUT2D eigenvalue weighted by atomic mass is 16.9. The van der Waals surface area contributed by atoms with E-state index in [4.69, 9.17) is 171 Å². The van der Waals surface area contributed by atoms with E-state index in [1.165, 1.54) is 0 Å². The Bertz CT molecular complexity index is 4570. The molecule has 0 radical (unpaired) electrons. The maximum absolute atomic E-state index is 15.6. The zero-order valence-electron chi connectivity index (χ0n) is 82.3. The molecule has 0 unspecified atom stereocenters. The molecular formula is C97H132N2O40. The van der Waals surface area contributed by atoms with E-state index in [9.17, 15) is 9.90 Å². The van der Waals surface area contributed by atoms with Gasteiger partial charge in [-0.15, -0.1) is 0 Å². The van der Waals surface area contributed by atoms with Gasteiger partial charge < -0.3 is 186 Å². The quantitative estimate of drug-likeness (QED) is 0.0569. The lowest BCUT2D eigenvalue weighted by Gasteiger charge is -2.29. The zero-order valence-corrected chi connectivity index (χ0v) is 82.3. The van der Waals surface area contributed by atoms with Gasteiger partial charge in [-0.2, -0.15) is 0 Å². The van der Waals surface area contributed by atoms with Gasteiger partial charge in [-0.1, -0.05) is 30.3 Å². The summed E-state index contributed by atoms with van der Waals surface area (Å²) >= 11 is 0. The molecule has 0 saturated carbocycles. The summed E-state index contributed by atoms with van der Waals surface area (Å²) in [6, 6.07) is 16.4. The third-order valence-electron chi connectivity index (χ3n) is 27.3. The monoisotopic (exact) mass is 1960 g/mol. The van der Waals surface area contributed by atoms with Crippen molar-refractivity contribution in [3.63, 3.8) is 0 Å². The number of carboxylic acid groups (broad SMARTS) is 1. The molecule has 2 amide bonds. The van der Waals surface area contributed by atoms with Crippen LogP contribution in [0.25, 0.3) is 0 Å². The van der Waals surface area contributed by atoms with Crippen LogP contribution in [0.5, 0.6) is 0 Å². The molecular weight excluding hydrogens is 1830 g/mol. The molecule has 3 aromatic carbocycles. The van der Waals surface area contributed by atoms with Crippen molar-refractivity contribution in [2.75, 3.05) is 37.1 Å². The van der Waals surface area contributed by atoms with E-state index in [2.05, 4.69) is 10.6 Å². The number of carboxylic acids is 1. The van der Waals surface area contributed by atoms with E-state index in [0.717, 1.165) is 0 Å². The average molecular weight is 1970 g/mol. The summed E-state index contributed by atoms with van der Waals surface area (Å²) in [5.74, 6) is -13.6. The van der Waals surface area contributed by atoms with Gasteiger partial charge in [0.2, 0.25) is 0 Å². The minimum Gasteiger partial charge on any atom is -0.479 e. The summed E-state index contributed by atoms with van der Waals surface area (Å²) in [5, 5.41) is 16.9. The Morgan fingerprint density at radius 1 is 0.245 bits per heavy atom. The van der Waals surface area contributed by atoms with Gasteiger partial charge in [0.15, 0.2) is 126 Å². The van der Waals surface area contributed by atoms with Crippen LogP contribution < -0.4 is 10.6 Å². The second-order valence-corrected chi connectivity index (χ2v) is 43.8. The van der Waals surface area contributed by atoms with Gasteiger partial charge in [0, 0.05) is 11.4 Å². The van der Waals surface area contributed by atoms with Gasteiger partial charge in [0.1, 0.15) is 134 Å². The molecule has 3 aromatic rings. The lowest BCUT2D eigenvalue weighted by atomic mass is 10.0. The van der Waals surface area contributed by atoms with E-state index in [1.54, 1.807) is 65.8 Å². The molecule has 18 aliphatic rings. The summed E-state index contributed by atoms with van der Waals surface area (Å²) < 4.78 is 232. The van der Waals surface area contributed by atoms with Crippen LogP contribution in [0.2, 0.25) is 0 Å². The predicted octanol–water partition coefficient (Wildman–Crippen LogP) is 7.99. The molecule has 0 aromatic heterocycles. The van der Waals surface area contributed by atoms with Crippen molar-refractivity contribution in [3.8, 4) is 0 Å². The maximum atomic E-state index is 15.6. The average Bonchev–Trinajstić information content (AvgIpc) is 1.59. The number of aliphatic carboxylic acids is 1. The Labute approximate surface area is 805 Å². The second-order valence-electron chi connectivity index (χ2n) is 43.8. The minimum absolute atomic E-state index is 0.0340. The molecule has 139 heavy (non-hydrogen) atoms. The molecule has 42 heteroatoms. The van der Waals surface area contributed by atoms with E-state index in [0.29, 0.717) is 50.3 Å². The van der Waals surface area contributed by atoms with Gasteiger partial charge in [-0.05, 0) is 216 Å². The molecule has 18 heterocycles.